The van der Waals surface area contributed by atoms with Crippen LogP contribution >= 0.6 is 0 Å². The molecule has 0 aromatic heterocycles. The molecule has 0 radical (unpaired) electrons. The van der Waals surface area contributed by atoms with Gasteiger partial charge in [0.1, 0.15) is 17.2 Å². The highest BCUT2D eigenvalue weighted by atomic mass is 16.3. The summed E-state index contributed by atoms with van der Waals surface area (Å²) in [6, 6.07) is 3.07. The minimum absolute atomic E-state index is 0.0231. The van der Waals surface area contributed by atoms with E-state index in [2.05, 4.69) is 0 Å². The Morgan fingerprint density at radius 2 is 1.27 bits per heavy atom. The molecule has 0 aliphatic carbocycles. The van der Waals surface area contributed by atoms with E-state index < -0.39 is 11.5 Å². The van der Waals surface area contributed by atoms with Crippen molar-refractivity contribution < 1.29 is 25.5 Å². The van der Waals surface area contributed by atoms with Gasteiger partial charge in [-0.1, -0.05) is 0 Å². The van der Waals surface area contributed by atoms with E-state index in [9.17, 15) is 25.5 Å². The van der Waals surface area contributed by atoms with Crippen molar-refractivity contribution in [2.24, 2.45) is 0 Å². The lowest BCUT2D eigenvalue weighted by molar-refractivity contribution is 0.400. The van der Waals surface area contributed by atoms with Gasteiger partial charge in [-0.05, 0) is 6.07 Å². The van der Waals surface area contributed by atoms with E-state index in [1.807, 2.05) is 0 Å². The minimum Gasteiger partial charge on any atom is -0.508 e. The Morgan fingerprint density at radius 1 is 0.667 bits per heavy atom. The van der Waals surface area contributed by atoms with E-state index in [0.29, 0.717) is 0 Å². The van der Waals surface area contributed by atoms with E-state index in [1.54, 1.807) is 0 Å². The van der Waals surface area contributed by atoms with Crippen LogP contribution in [-0.4, -0.2) is 25.5 Å². The van der Waals surface area contributed by atoms with E-state index in [1.165, 1.54) is 0 Å². The predicted octanol–water partition coefficient (Wildman–Crippen LogP) is 1.37. The third-order valence-corrected chi connectivity index (χ3v) is 2.13. The summed E-state index contributed by atoms with van der Waals surface area (Å²) < 4.78 is 0. The molecule has 0 saturated carbocycles. The highest BCUT2D eigenvalue weighted by molar-refractivity contribution is 5.99. The number of hydrogen-bond acceptors (Lipinski definition) is 5. The van der Waals surface area contributed by atoms with Gasteiger partial charge in [0, 0.05) is 17.5 Å². The second kappa shape index (κ2) is 2.84. The molecule has 5 heteroatoms. The highest BCUT2D eigenvalue weighted by Crippen LogP contribution is 2.44. The number of phenols is 5. The van der Waals surface area contributed by atoms with Crippen molar-refractivity contribution in [1.29, 1.82) is 0 Å². The molecule has 15 heavy (non-hydrogen) atoms. The normalized spacial score (nSPS) is 10.7. The van der Waals surface area contributed by atoms with Crippen LogP contribution in [0.2, 0.25) is 0 Å². The molecule has 0 heterocycles. The smallest absolute Gasteiger partial charge is 0.165 e. The molecular weight excluding hydrogens is 200 g/mol. The lowest BCUT2D eigenvalue weighted by atomic mass is 10.1. The van der Waals surface area contributed by atoms with Crippen LogP contribution in [0, 0.1) is 0 Å². The molecule has 0 atom stereocenters. The van der Waals surface area contributed by atoms with Crippen molar-refractivity contribution in [3.63, 3.8) is 0 Å². The number of phenolic OH excluding ortho intramolecular Hbond substituents is 5. The maximum Gasteiger partial charge on any atom is 0.165 e. The summed E-state index contributed by atoms with van der Waals surface area (Å²) >= 11 is 0. The van der Waals surface area contributed by atoms with E-state index in [4.69, 9.17) is 0 Å². The Kier molecular flexibility index (Phi) is 1.76. The van der Waals surface area contributed by atoms with Gasteiger partial charge in [0.25, 0.3) is 0 Å². The molecule has 0 unspecified atom stereocenters. The van der Waals surface area contributed by atoms with Crippen LogP contribution in [0.15, 0.2) is 18.2 Å². The summed E-state index contributed by atoms with van der Waals surface area (Å²) in [5.74, 6) is -2.06. The average Bonchev–Trinajstić information content (AvgIpc) is 2.12. The predicted molar refractivity (Wildman–Crippen MR) is 52.3 cm³/mol. The van der Waals surface area contributed by atoms with Crippen molar-refractivity contribution in [3.05, 3.63) is 18.2 Å². The second-order valence-corrected chi connectivity index (χ2v) is 3.15. The molecule has 2 aromatic rings. The molecule has 0 aliphatic rings. The molecule has 0 fully saturated rings. The monoisotopic (exact) mass is 208 g/mol. The highest BCUT2D eigenvalue weighted by Gasteiger charge is 2.14. The standard InChI is InChI=1S/C10H8O5/c11-4-1-5-9(6(12)2-4)7(13)3-8(14)10(5)15/h1-3,11-15H. The zero-order valence-corrected chi connectivity index (χ0v) is 7.47. The average molecular weight is 208 g/mol. The summed E-state index contributed by atoms with van der Waals surface area (Å²) in [5.41, 5.74) is 0. The van der Waals surface area contributed by atoms with E-state index >= 15 is 0 Å². The Labute approximate surface area is 84.1 Å². The molecule has 5 nitrogen and oxygen atoms in total. The molecular formula is C10H8O5. The maximum absolute atomic E-state index is 9.45. The van der Waals surface area contributed by atoms with Crippen molar-refractivity contribution in [1.82, 2.24) is 0 Å². The molecule has 2 rings (SSSR count). The summed E-state index contributed by atoms with van der Waals surface area (Å²) in [6.07, 6.45) is 0. The summed E-state index contributed by atoms with van der Waals surface area (Å²) in [4.78, 5) is 0. The van der Waals surface area contributed by atoms with Crippen molar-refractivity contribution in [3.8, 4) is 28.7 Å². The molecule has 0 amide bonds. The van der Waals surface area contributed by atoms with E-state index in [0.717, 1.165) is 18.2 Å². The molecule has 0 aliphatic heterocycles. The lowest BCUT2D eigenvalue weighted by Gasteiger charge is -2.07. The third-order valence-electron chi connectivity index (χ3n) is 2.13. The summed E-state index contributed by atoms with van der Waals surface area (Å²) in [7, 11) is 0. The third kappa shape index (κ3) is 1.25. The molecule has 0 saturated heterocycles. The Morgan fingerprint density at radius 3 is 1.93 bits per heavy atom. The van der Waals surface area contributed by atoms with Gasteiger partial charge in [-0.15, -0.1) is 0 Å². The van der Waals surface area contributed by atoms with Gasteiger partial charge in [0.05, 0.1) is 5.39 Å². The van der Waals surface area contributed by atoms with Crippen molar-refractivity contribution in [2.45, 2.75) is 0 Å². The van der Waals surface area contributed by atoms with Gasteiger partial charge < -0.3 is 25.5 Å². The van der Waals surface area contributed by atoms with E-state index in [-0.39, 0.29) is 28.0 Å². The topological polar surface area (TPSA) is 101 Å². The molecule has 0 bridgehead atoms. The number of rotatable bonds is 0. The van der Waals surface area contributed by atoms with Crippen molar-refractivity contribution in [2.75, 3.05) is 0 Å². The first-order valence-corrected chi connectivity index (χ1v) is 4.10. The molecule has 78 valence electrons. The quantitative estimate of drug-likeness (QED) is 0.332. The molecule has 0 spiro atoms. The first-order valence-electron chi connectivity index (χ1n) is 4.10. The Hall–Kier alpha value is -2.30. The summed E-state index contributed by atoms with van der Waals surface area (Å²) in [5, 5.41) is 46.7. The fourth-order valence-electron chi connectivity index (χ4n) is 1.48. The van der Waals surface area contributed by atoms with Gasteiger partial charge in [0.15, 0.2) is 11.5 Å². The summed E-state index contributed by atoms with van der Waals surface area (Å²) in [6.45, 7) is 0. The zero-order chi connectivity index (χ0) is 11.2. The largest absolute Gasteiger partial charge is 0.508 e. The Bertz CT molecular complexity index is 539. The molecule has 2 aromatic carbocycles. The zero-order valence-electron chi connectivity index (χ0n) is 7.47. The van der Waals surface area contributed by atoms with Gasteiger partial charge in [0.2, 0.25) is 0 Å². The fraction of sp³-hybridized carbons (Fsp3) is 0. The van der Waals surface area contributed by atoms with Crippen LogP contribution in [0.5, 0.6) is 28.7 Å². The SMILES string of the molecule is Oc1cc(O)c2c(O)cc(O)c(O)c2c1. The van der Waals surface area contributed by atoms with Crippen LogP contribution in [-0.2, 0) is 0 Å². The van der Waals surface area contributed by atoms with Crippen LogP contribution in [0.4, 0.5) is 0 Å². The first-order chi connectivity index (χ1) is 7.00. The number of hydrogen-bond donors (Lipinski definition) is 5. The number of aromatic hydroxyl groups is 5. The molecule has 5 N–H and O–H groups in total. The number of benzene rings is 2. The van der Waals surface area contributed by atoms with Gasteiger partial charge in [-0.3, -0.25) is 0 Å². The van der Waals surface area contributed by atoms with Crippen molar-refractivity contribution >= 4 is 10.8 Å². The maximum atomic E-state index is 9.45. The lowest BCUT2D eigenvalue weighted by Crippen LogP contribution is -1.79. The van der Waals surface area contributed by atoms with Gasteiger partial charge in [-0.2, -0.15) is 0 Å². The minimum atomic E-state index is -0.523. The van der Waals surface area contributed by atoms with Crippen LogP contribution in [0.3, 0.4) is 0 Å². The van der Waals surface area contributed by atoms with Crippen LogP contribution < -0.4 is 0 Å². The van der Waals surface area contributed by atoms with Gasteiger partial charge >= 0.3 is 0 Å². The van der Waals surface area contributed by atoms with Crippen LogP contribution in [0.1, 0.15) is 0 Å². The first kappa shape index (κ1) is 9.26. The fourth-order valence-corrected chi connectivity index (χ4v) is 1.48. The van der Waals surface area contributed by atoms with Gasteiger partial charge in [-0.25, -0.2) is 0 Å². The van der Waals surface area contributed by atoms with Crippen LogP contribution in [0.25, 0.3) is 10.8 Å². The Balaban J connectivity index is 3.02. The number of fused-ring (bicyclic) bond motifs is 1. The second-order valence-electron chi connectivity index (χ2n) is 3.15.